The van der Waals surface area contributed by atoms with Gasteiger partial charge in [-0.3, -0.25) is 9.59 Å². The van der Waals surface area contributed by atoms with Gasteiger partial charge in [0.15, 0.2) is 0 Å². The first-order valence-corrected chi connectivity index (χ1v) is 7.88. The molecule has 1 saturated heterocycles. The van der Waals surface area contributed by atoms with Gasteiger partial charge in [0.05, 0.1) is 6.04 Å². The quantitative estimate of drug-likeness (QED) is 0.727. The summed E-state index contributed by atoms with van der Waals surface area (Å²) >= 11 is 0. The van der Waals surface area contributed by atoms with Crippen LogP contribution in [0.5, 0.6) is 0 Å². The first-order chi connectivity index (χ1) is 10.2. The third kappa shape index (κ3) is 4.70. The van der Waals surface area contributed by atoms with Gasteiger partial charge in [-0.05, 0) is 44.7 Å². The number of amides is 2. The molecule has 5 heteroatoms. The van der Waals surface area contributed by atoms with E-state index in [0.717, 1.165) is 44.3 Å². The molecule has 0 radical (unpaired) electrons. The molecule has 0 aromatic carbocycles. The van der Waals surface area contributed by atoms with Crippen LogP contribution < -0.4 is 11.1 Å². The van der Waals surface area contributed by atoms with Crippen LogP contribution in [0.2, 0.25) is 0 Å². The predicted octanol–water partition coefficient (Wildman–Crippen LogP) is 1.46. The van der Waals surface area contributed by atoms with E-state index >= 15 is 0 Å². The van der Waals surface area contributed by atoms with Crippen LogP contribution in [0, 0.1) is 0 Å². The third-order valence-electron chi connectivity index (χ3n) is 3.98. The largest absolute Gasteiger partial charge is 0.336 e. The van der Waals surface area contributed by atoms with E-state index in [1.54, 1.807) is 0 Å². The summed E-state index contributed by atoms with van der Waals surface area (Å²) in [6.45, 7) is 1.48. The maximum absolute atomic E-state index is 11.9. The summed E-state index contributed by atoms with van der Waals surface area (Å²) in [4.78, 5) is 25.6. The van der Waals surface area contributed by atoms with Crippen LogP contribution in [0.3, 0.4) is 0 Å². The Bertz CT molecular complexity index is 443. The average Bonchev–Trinajstić information content (AvgIpc) is 2.49. The molecular formula is C16H25N3O2. The van der Waals surface area contributed by atoms with E-state index < -0.39 is 0 Å². The van der Waals surface area contributed by atoms with Gasteiger partial charge in [-0.15, -0.1) is 0 Å². The molecule has 116 valence electrons. The first kappa shape index (κ1) is 15.8. The number of piperidine rings is 1. The number of carbonyl (C=O) groups is 2. The molecule has 0 aromatic rings. The Kier molecular flexibility index (Phi) is 5.99. The lowest BCUT2D eigenvalue weighted by atomic mass is 10.0. The summed E-state index contributed by atoms with van der Waals surface area (Å²) in [5.74, 6) is 0.283. The van der Waals surface area contributed by atoms with Crippen LogP contribution in [-0.2, 0) is 9.59 Å². The average molecular weight is 291 g/mol. The maximum atomic E-state index is 11.9. The van der Waals surface area contributed by atoms with E-state index in [1.165, 1.54) is 0 Å². The molecule has 1 aliphatic heterocycles. The molecule has 2 amide bonds. The summed E-state index contributed by atoms with van der Waals surface area (Å²) in [7, 11) is 0. The van der Waals surface area contributed by atoms with Gasteiger partial charge in [-0.25, -0.2) is 0 Å². The molecule has 0 spiro atoms. The lowest BCUT2D eigenvalue weighted by Crippen LogP contribution is -2.43. The molecular weight excluding hydrogens is 266 g/mol. The molecule has 1 fully saturated rings. The number of likely N-dealkylation sites (tertiary alicyclic amines) is 1. The van der Waals surface area contributed by atoms with Crippen molar-refractivity contribution in [2.75, 3.05) is 13.1 Å². The number of nitrogens with two attached hydrogens (primary N) is 1. The van der Waals surface area contributed by atoms with Gasteiger partial charge in [-0.1, -0.05) is 12.2 Å². The van der Waals surface area contributed by atoms with E-state index in [2.05, 4.69) is 5.32 Å². The lowest BCUT2D eigenvalue weighted by molar-refractivity contribution is -0.134. The smallest absolute Gasteiger partial charge is 0.224 e. The number of hydrogen-bond acceptors (Lipinski definition) is 3. The van der Waals surface area contributed by atoms with Crippen molar-refractivity contribution in [3.05, 3.63) is 23.9 Å². The molecule has 1 atom stereocenters. The van der Waals surface area contributed by atoms with Crippen molar-refractivity contribution in [3.8, 4) is 0 Å². The molecule has 1 unspecified atom stereocenters. The molecule has 5 nitrogen and oxygen atoms in total. The molecule has 0 saturated carbocycles. The Morgan fingerprint density at radius 3 is 2.90 bits per heavy atom. The molecule has 1 heterocycles. The highest BCUT2D eigenvalue weighted by molar-refractivity contribution is 5.79. The normalized spacial score (nSPS) is 22.1. The molecule has 2 aliphatic rings. The molecule has 1 aliphatic carbocycles. The zero-order valence-corrected chi connectivity index (χ0v) is 12.5. The van der Waals surface area contributed by atoms with Gasteiger partial charge in [-0.2, -0.15) is 0 Å². The zero-order chi connectivity index (χ0) is 15.1. The SMILES string of the molecule is NCCCCC(=O)NC1=CCC(N2CCCCC2=O)C=C1. The van der Waals surface area contributed by atoms with Crippen molar-refractivity contribution in [3.63, 3.8) is 0 Å². The highest BCUT2D eigenvalue weighted by atomic mass is 16.2. The number of hydrogen-bond donors (Lipinski definition) is 2. The highest BCUT2D eigenvalue weighted by Gasteiger charge is 2.25. The Labute approximate surface area is 126 Å². The minimum atomic E-state index is 0.0341. The van der Waals surface area contributed by atoms with Crippen molar-refractivity contribution in [1.29, 1.82) is 0 Å². The summed E-state index contributed by atoms with van der Waals surface area (Å²) in [5.41, 5.74) is 6.25. The minimum absolute atomic E-state index is 0.0341. The number of rotatable bonds is 6. The summed E-state index contributed by atoms with van der Waals surface area (Å²) in [6.07, 6.45) is 11.7. The van der Waals surface area contributed by atoms with Crippen LogP contribution in [0.15, 0.2) is 23.9 Å². The molecule has 3 N–H and O–H groups in total. The van der Waals surface area contributed by atoms with Crippen molar-refractivity contribution in [2.24, 2.45) is 5.73 Å². The Morgan fingerprint density at radius 1 is 1.38 bits per heavy atom. The summed E-state index contributed by atoms with van der Waals surface area (Å²) in [5, 5.41) is 2.90. The molecule has 0 bridgehead atoms. The van der Waals surface area contributed by atoms with Gasteiger partial charge in [0.25, 0.3) is 0 Å². The van der Waals surface area contributed by atoms with E-state index in [9.17, 15) is 9.59 Å². The third-order valence-corrected chi connectivity index (χ3v) is 3.98. The second kappa shape index (κ2) is 7.98. The fourth-order valence-corrected chi connectivity index (χ4v) is 2.76. The zero-order valence-electron chi connectivity index (χ0n) is 12.5. The van der Waals surface area contributed by atoms with Crippen LogP contribution >= 0.6 is 0 Å². The second-order valence-corrected chi connectivity index (χ2v) is 5.66. The van der Waals surface area contributed by atoms with Gasteiger partial charge in [0.1, 0.15) is 0 Å². The van der Waals surface area contributed by atoms with Crippen LogP contribution in [0.1, 0.15) is 44.9 Å². The Morgan fingerprint density at radius 2 is 2.24 bits per heavy atom. The number of nitrogens with one attached hydrogen (secondary N) is 1. The van der Waals surface area contributed by atoms with Crippen LogP contribution in [-0.4, -0.2) is 35.8 Å². The Balaban J connectivity index is 1.78. The van der Waals surface area contributed by atoms with E-state index in [1.807, 2.05) is 23.1 Å². The van der Waals surface area contributed by atoms with Gasteiger partial charge in [0, 0.05) is 25.1 Å². The lowest BCUT2D eigenvalue weighted by Gasteiger charge is -2.33. The minimum Gasteiger partial charge on any atom is -0.336 e. The molecule has 21 heavy (non-hydrogen) atoms. The van der Waals surface area contributed by atoms with Gasteiger partial charge >= 0.3 is 0 Å². The van der Waals surface area contributed by atoms with Gasteiger partial charge in [0.2, 0.25) is 11.8 Å². The summed E-state index contributed by atoms with van der Waals surface area (Å²) in [6, 6.07) is 0.149. The second-order valence-electron chi connectivity index (χ2n) is 5.66. The monoisotopic (exact) mass is 291 g/mol. The van der Waals surface area contributed by atoms with Crippen LogP contribution in [0.4, 0.5) is 0 Å². The number of nitrogens with zero attached hydrogens (tertiary/aromatic N) is 1. The van der Waals surface area contributed by atoms with Gasteiger partial charge < -0.3 is 16.0 Å². The number of carbonyl (C=O) groups excluding carboxylic acids is 2. The number of unbranched alkanes of at least 4 members (excludes halogenated alkanes) is 1. The van der Waals surface area contributed by atoms with Crippen LogP contribution in [0.25, 0.3) is 0 Å². The van der Waals surface area contributed by atoms with E-state index in [0.29, 0.717) is 19.4 Å². The topological polar surface area (TPSA) is 75.4 Å². The first-order valence-electron chi connectivity index (χ1n) is 7.88. The molecule has 2 rings (SSSR count). The molecule has 0 aromatic heterocycles. The highest BCUT2D eigenvalue weighted by Crippen LogP contribution is 2.20. The number of allylic oxidation sites excluding steroid dienone is 1. The Hall–Kier alpha value is -1.62. The van der Waals surface area contributed by atoms with Crippen molar-refractivity contribution < 1.29 is 9.59 Å². The van der Waals surface area contributed by atoms with Crippen molar-refractivity contribution >= 4 is 11.8 Å². The predicted molar refractivity (Wildman–Crippen MR) is 82.2 cm³/mol. The van der Waals surface area contributed by atoms with E-state index in [-0.39, 0.29) is 17.9 Å². The van der Waals surface area contributed by atoms with Crippen molar-refractivity contribution in [1.82, 2.24) is 10.2 Å². The fraction of sp³-hybridized carbons (Fsp3) is 0.625. The van der Waals surface area contributed by atoms with E-state index in [4.69, 9.17) is 5.73 Å². The van der Waals surface area contributed by atoms with Crippen molar-refractivity contribution in [2.45, 2.75) is 51.0 Å². The maximum Gasteiger partial charge on any atom is 0.224 e. The fourth-order valence-electron chi connectivity index (χ4n) is 2.76. The standard InChI is InChI=1S/C16H25N3O2/c17-11-3-1-5-15(20)18-13-7-9-14(10-8-13)19-12-4-2-6-16(19)21/h7-9,14H,1-6,10-12,17H2,(H,18,20). The summed E-state index contributed by atoms with van der Waals surface area (Å²) < 4.78 is 0.